The number of rotatable bonds is 3. The highest BCUT2D eigenvalue weighted by atomic mass is 16.1. The number of carbonyl (C=O) groups is 1. The summed E-state index contributed by atoms with van der Waals surface area (Å²) in [6.07, 6.45) is 6.13. The zero-order chi connectivity index (χ0) is 9.97. The first-order chi connectivity index (χ1) is 6.75. The van der Waals surface area contributed by atoms with Crippen molar-refractivity contribution in [2.45, 2.75) is 32.6 Å². The standard InChI is InChI=1S/C12H15NO/c1-9-5-6-13-11(7-9)12(14)8-10-3-2-4-10/h5-7,10H,2-4,8H2,1H3. The molecule has 0 amide bonds. The molecule has 0 aromatic carbocycles. The van der Waals surface area contributed by atoms with E-state index in [4.69, 9.17) is 0 Å². The third kappa shape index (κ3) is 2.00. The van der Waals surface area contributed by atoms with Crippen LogP contribution in [0.1, 0.15) is 41.7 Å². The van der Waals surface area contributed by atoms with Gasteiger partial charge < -0.3 is 0 Å². The predicted molar refractivity (Wildman–Crippen MR) is 55.3 cm³/mol. The Kier molecular flexibility index (Phi) is 2.62. The van der Waals surface area contributed by atoms with Gasteiger partial charge in [-0.2, -0.15) is 0 Å². The second-order valence-corrected chi connectivity index (χ2v) is 4.14. The van der Waals surface area contributed by atoms with E-state index in [0.717, 1.165) is 5.56 Å². The summed E-state index contributed by atoms with van der Waals surface area (Å²) in [6, 6.07) is 3.79. The number of ketones is 1. The molecule has 74 valence electrons. The summed E-state index contributed by atoms with van der Waals surface area (Å²) in [4.78, 5) is 15.8. The number of aryl methyl sites for hydroxylation is 1. The van der Waals surface area contributed by atoms with Gasteiger partial charge >= 0.3 is 0 Å². The zero-order valence-corrected chi connectivity index (χ0v) is 8.49. The smallest absolute Gasteiger partial charge is 0.181 e. The SMILES string of the molecule is Cc1ccnc(C(=O)CC2CCC2)c1. The number of aromatic nitrogens is 1. The van der Waals surface area contributed by atoms with Crippen LogP contribution < -0.4 is 0 Å². The van der Waals surface area contributed by atoms with E-state index in [1.807, 2.05) is 19.1 Å². The van der Waals surface area contributed by atoms with Gasteiger partial charge in [-0.05, 0) is 30.5 Å². The van der Waals surface area contributed by atoms with E-state index >= 15 is 0 Å². The molecule has 2 rings (SSSR count). The number of hydrogen-bond acceptors (Lipinski definition) is 2. The molecule has 0 unspecified atom stereocenters. The van der Waals surface area contributed by atoms with Crippen molar-refractivity contribution < 1.29 is 4.79 Å². The first-order valence-electron chi connectivity index (χ1n) is 5.21. The molecule has 2 nitrogen and oxygen atoms in total. The molecule has 0 aliphatic heterocycles. The number of pyridine rings is 1. The minimum Gasteiger partial charge on any atom is -0.292 e. The Balaban J connectivity index is 2.02. The van der Waals surface area contributed by atoms with Crippen LogP contribution in [-0.4, -0.2) is 10.8 Å². The van der Waals surface area contributed by atoms with E-state index in [1.54, 1.807) is 6.20 Å². The molecule has 0 N–H and O–H groups in total. The van der Waals surface area contributed by atoms with Crippen molar-refractivity contribution in [1.82, 2.24) is 4.98 Å². The van der Waals surface area contributed by atoms with Crippen LogP contribution in [0, 0.1) is 12.8 Å². The topological polar surface area (TPSA) is 30.0 Å². The number of hydrogen-bond donors (Lipinski definition) is 0. The first kappa shape index (κ1) is 9.38. The second-order valence-electron chi connectivity index (χ2n) is 4.14. The highest BCUT2D eigenvalue weighted by molar-refractivity contribution is 5.94. The Morgan fingerprint density at radius 2 is 2.36 bits per heavy atom. The molecule has 1 fully saturated rings. The Morgan fingerprint density at radius 1 is 1.57 bits per heavy atom. The molecule has 1 aliphatic rings. The predicted octanol–water partition coefficient (Wildman–Crippen LogP) is 2.76. The fourth-order valence-electron chi connectivity index (χ4n) is 1.75. The van der Waals surface area contributed by atoms with Crippen LogP contribution in [0.5, 0.6) is 0 Å². The van der Waals surface area contributed by atoms with Crippen LogP contribution in [0.25, 0.3) is 0 Å². The van der Waals surface area contributed by atoms with Crippen molar-refractivity contribution in [3.8, 4) is 0 Å². The Hall–Kier alpha value is -1.18. The molecule has 1 heterocycles. The number of Topliss-reactive ketones (excluding diaryl/α,β-unsaturated/α-hetero) is 1. The average molecular weight is 189 g/mol. The Labute approximate surface area is 84.4 Å². The fourth-order valence-corrected chi connectivity index (χ4v) is 1.75. The van der Waals surface area contributed by atoms with Crippen molar-refractivity contribution in [1.29, 1.82) is 0 Å². The molecule has 0 bridgehead atoms. The van der Waals surface area contributed by atoms with Crippen LogP contribution in [0.4, 0.5) is 0 Å². The van der Waals surface area contributed by atoms with Crippen molar-refractivity contribution >= 4 is 5.78 Å². The molecule has 1 aliphatic carbocycles. The third-order valence-electron chi connectivity index (χ3n) is 2.90. The number of nitrogens with zero attached hydrogens (tertiary/aromatic N) is 1. The lowest BCUT2D eigenvalue weighted by Gasteiger charge is -2.24. The summed E-state index contributed by atoms with van der Waals surface area (Å²) in [5, 5.41) is 0. The molecule has 0 radical (unpaired) electrons. The average Bonchev–Trinajstić information content (AvgIpc) is 2.11. The van der Waals surface area contributed by atoms with Crippen molar-refractivity contribution in [2.75, 3.05) is 0 Å². The monoisotopic (exact) mass is 189 g/mol. The van der Waals surface area contributed by atoms with Gasteiger partial charge in [0.05, 0.1) is 0 Å². The quantitative estimate of drug-likeness (QED) is 0.684. The van der Waals surface area contributed by atoms with Gasteiger partial charge in [0.25, 0.3) is 0 Å². The molecule has 0 saturated heterocycles. The molecular weight excluding hydrogens is 174 g/mol. The normalized spacial score (nSPS) is 16.4. The second kappa shape index (κ2) is 3.91. The maximum absolute atomic E-state index is 11.7. The van der Waals surface area contributed by atoms with Gasteiger partial charge in [0, 0.05) is 12.6 Å². The molecular formula is C12H15NO. The minimum absolute atomic E-state index is 0.207. The van der Waals surface area contributed by atoms with Crippen LogP contribution in [0.3, 0.4) is 0 Å². The summed E-state index contributed by atoms with van der Waals surface area (Å²) in [5.41, 5.74) is 1.74. The largest absolute Gasteiger partial charge is 0.292 e. The van der Waals surface area contributed by atoms with Gasteiger partial charge in [-0.25, -0.2) is 0 Å². The number of carbonyl (C=O) groups excluding carboxylic acids is 1. The van der Waals surface area contributed by atoms with Gasteiger partial charge in [0.2, 0.25) is 0 Å². The lowest BCUT2D eigenvalue weighted by molar-refractivity contribution is 0.0931. The van der Waals surface area contributed by atoms with Crippen molar-refractivity contribution in [2.24, 2.45) is 5.92 Å². The first-order valence-corrected chi connectivity index (χ1v) is 5.21. The van der Waals surface area contributed by atoms with Gasteiger partial charge in [-0.1, -0.05) is 19.3 Å². The van der Waals surface area contributed by atoms with Gasteiger partial charge in [-0.15, -0.1) is 0 Å². The van der Waals surface area contributed by atoms with E-state index in [1.165, 1.54) is 19.3 Å². The van der Waals surface area contributed by atoms with Crippen LogP contribution >= 0.6 is 0 Å². The van der Waals surface area contributed by atoms with E-state index in [2.05, 4.69) is 4.98 Å². The van der Waals surface area contributed by atoms with Crippen molar-refractivity contribution in [3.63, 3.8) is 0 Å². The highest BCUT2D eigenvalue weighted by Crippen LogP contribution is 2.30. The van der Waals surface area contributed by atoms with E-state index < -0.39 is 0 Å². The minimum atomic E-state index is 0.207. The summed E-state index contributed by atoms with van der Waals surface area (Å²) in [6.45, 7) is 1.99. The third-order valence-corrected chi connectivity index (χ3v) is 2.90. The molecule has 0 atom stereocenters. The lowest BCUT2D eigenvalue weighted by Crippen LogP contribution is -2.16. The zero-order valence-electron chi connectivity index (χ0n) is 8.49. The summed E-state index contributed by atoms with van der Waals surface area (Å²) < 4.78 is 0. The van der Waals surface area contributed by atoms with Crippen molar-refractivity contribution in [3.05, 3.63) is 29.6 Å². The van der Waals surface area contributed by atoms with E-state index in [0.29, 0.717) is 18.0 Å². The maximum Gasteiger partial charge on any atom is 0.181 e. The fraction of sp³-hybridized carbons (Fsp3) is 0.500. The Morgan fingerprint density at radius 3 is 2.93 bits per heavy atom. The van der Waals surface area contributed by atoms with Gasteiger partial charge in [0.1, 0.15) is 5.69 Å². The highest BCUT2D eigenvalue weighted by Gasteiger charge is 2.21. The molecule has 1 saturated carbocycles. The molecule has 2 heteroatoms. The van der Waals surface area contributed by atoms with Crippen LogP contribution in [0.15, 0.2) is 18.3 Å². The molecule has 14 heavy (non-hydrogen) atoms. The van der Waals surface area contributed by atoms with E-state index in [9.17, 15) is 4.79 Å². The van der Waals surface area contributed by atoms with Crippen LogP contribution in [0.2, 0.25) is 0 Å². The summed E-state index contributed by atoms with van der Waals surface area (Å²) in [7, 11) is 0. The lowest BCUT2D eigenvalue weighted by atomic mass is 9.81. The maximum atomic E-state index is 11.7. The van der Waals surface area contributed by atoms with Gasteiger partial charge in [0.15, 0.2) is 5.78 Å². The summed E-state index contributed by atoms with van der Waals surface area (Å²) >= 11 is 0. The van der Waals surface area contributed by atoms with Gasteiger partial charge in [-0.3, -0.25) is 9.78 Å². The summed E-state index contributed by atoms with van der Waals surface area (Å²) in [5.74, 6) is 0.836. The van der Waals surface area contributed by atoms with E-state index in [-0.39, 0.29) is 5.78 Å². The molecule has 1 aromatic heterocycles. The molecule has 1 aromatic rings. The Bertz CT molecular complexity index is 342. The molecule has 0 spiro atoms. The van der Waals surface area contributed by atoms with Crippen LogP contribution in [-0.2, 0) is 0 Å².